The molecule has 2 aromatic carbocycles. The summed E-state index contributed by atoms with van der Waals surface area (Å²) in [6, 6.07) is 21.8. The van der Waals surface area contributed by atoms with E-state index in [0.717, 1.165) is 38.5 Å². The quantitative estimate of drug-likeness (QED) is 0.227. The maximum atomic E-state index is 12.1. The molecule has 1 fully saturated rings. The number of nitrogens with one attached hydrogen (secondary N) is 2. The summed E-state index contributed by atoms with van der Waals surface area (Å²) < 4.78 is 8.95. The number of anilines is 2. The maximum Gasteiger partial charge on any atom is 0.224 e. The number of nitrogens with zero attached hydrogens (tertiary/aromatic N) is 3. The highest BCUT2D eigenvalue weighted by molar-refractivity contribution is 9.10. The standard InChI is InChI=1S/C30H30BrN5O2S/c1-5-27(37)33-24-13-12-22(17-26(24)38-4)36-29(28(34-30(36)39)25-11-6-7-14-32-25)23-15-18(2)35(19(23)3)21-10-8-9-20(31)16-21/h6-17,28-29H,5H2,1-4H3,(H,33,37)(H,34,39)/t28-,29+/m1/s1. The predicted octanol–water partition coefficient (Wildman–Crippen LogP) is 6.79. The van der Waals surface area contributed by atoms with Crippen LogP contribution in [0, 0.1) is 13.8 Å². The number of hydrogen-bond acceptors (Lipinski definition) is 4. The molecule has 7 nitrogen and oxygen atoms in total. The molecule has 0 radical (unpaired) electrons. The smallest absolute Gasteiger partial charge is 0.224 e. The molecule has 1 amide bonds. The number of rotatable bonds is 7. The molecule has 2 atom stereocenters. The number of carbonyl (C=O) groups is 1. The number of pyridine rings is 1. The fourth-order valence-electron chi connectivity index (χ4n) is 5.22. The third-order valence-electron chi connectivity index (χ3n) is 7.01. The van der Waals surface area contributed by atoms with Gasteiger partial charge < -0.3 is 24.8 Å². The predicted molar refractivity (Wildman–Crippen MR) is 163 cm³/mol. The van der Waals surface area contributed by atoms with Crippen LogP contribution in [-0.2, 0) is 4.79 Å². The zero-order chi connectivity index (χ0) is 27.7. The Morgan fingerprint density at radius 3 is 2.62 bits per heavy atom. The van der Waals surface area contributed by atoms with E-state index in [9.17, 15) is 4.79 Å². The van der Waals surface area contributed by atoms with Gasteiger partial charge in [0, 0.05) is 45.9 Å². The van der Waals surface area contributed by atoms with E-state index in [1.54, 1.807) is 13.3 Å². The lowest BCUT2D eigenvalue weighted by Gasteiger charge is -2.29. The number of aryl methyl sites for hydroxylation is 1. The van der Waals surface area contributed by atoms with E-state index in [4.69, 9.17) is 17.0 Å². The van der Waals surface area contributed by atoms with Gasteiger partial charge in [-0.25, -0.2) is 0 Å². The summed E-state index contributed by atoms with van der Waals surface area (Å²) in [4.78, 5) is 18.9. The lowest BCUT2D eigenvalue weighted by molar-refractivity contribution is -0.115. The van der Waals surface area contributed by atoms with Crippen LogP contribution >= 0.6 is 28.1 Å². The van der Waals surface area contributed by atoms with Crippen LogP contribution in [0.3, 0.4) is 0 Å². The molecule has 1 aliphatic heterocycles. The van der Waals surface area contributed by atoms with Crippen molar-refractivity contribution in [2.45, 2.75) is 39.3 Å². The number of thiocarbonyl (C=S) groups is 1. The summed E-state index contributed by atoms with van der Waals surface area (Å²) >= 11 is 9.55. The normalized spacial score (nSPS) is 16.7. The van der Waals surface area contributed by atoms with Gasteiger partial charge in [-0.3, -0.25) is 9.78 Å². The van der Waals surface area contributed by atoms with Crippen molar-refractivity contribution >= 4 is 50.5 Å². The minimum absolute atomic E-state index is 0.0764. The Hall–Kier alpha value is -3.69. The number of amides is 1. The van der Waals surface area contributed by atoms with E-state index in [1.165, 1.54) is 0 Å². The van der Waals surface area contributed by atoms with Gasteiger partial charge in [-0.05, 0) is 80.2 Å². The van der Waals surface area contributed by atoms with Gasteiger partial charge in [0.05, 0.1) is 30.6 Å². The molecule has 2 aromatic heterocycles. The molecule has 1 aliphatic rings. The largest absolute Gasteiger partial charge is 0.494 e. The first-order valence-electron chi connectivity index (χ1n) is 12.8. The highest BCUT2D eigenvalue weighted by Crippen LogP contribution is 2.45. The topological polar surface area (TPSA) is 71.4 Å². The van der Waals surface area contributed by atoms with E-state index >= 15 is 0 Å². The third-order valence-corrected chi connectivity index (χ3v) is 7.82. The fraction of sp³-hybridized carbons (Fsp3) is 0.233. The van der Waals surface area contributed by atoms with Crippen molar-refractivity contribution in [1.29, 1.82) is 0 Å². The molecule has 0 unspecified atom stereocenters. The molecule has 0 bridgehead atoms. The van der Waals surface area contributed by atoms with Crippen molar-refractivity contribution in [3.8, 4) is 11.4 Å². The summed E-state index contributed by atoms with van der Waals surface area (Å²) in [6.07, 6.45) is 2.19. The zero-order valence-electron chi connectivity index (χ0n) is 22.2. The minimum Gasteiger partial charge on any atom is -0.494 e. The van der Waals surface area contributed by atoms with Crippen molar-refractivity contribution in [2.24, 2.45) is 0 Å². The van der Waals surface area contributed by atoms with E-state index in [2.05, 4.69) is 73.1 Å². The lowest BCUT2D eigenvalue weighted by Crippen LogP contribution is -2.29. The second kappa shape index (κ2) is 11.2. The molecular formula is C30H30BrN5O2S. The Balaban J connectivity index is 1.65. The molecule has 39 heavy (non-hydrogen) atoms. The Kier molecular flexibility index (Phi) is 7.72. The Labute approximate surface area is 242 Å². The number of ether oxygens (including phenoxy) is 1. The second-order valence-corrected chi connectivity index (χ2v) is 10.7. The maximum absolute atomic E-state index is 12.1. The van der Waals surface area contributed by atoms with Gasteiger partial charge in [0.2, 0.25) is 5.91 Å². The van der Waals surface area contributed by atoms with Gasteiger partial charge in [0.25, 0.3) is 0 Å². The molecule has 0 aliphatic carbocycles. The average Bonchev–Trinajstić information content (AvgIpc) is 3.43. The highest BCUT2D eigenvalue weighted by Gasteiger charge is 2.42. The first kappa shape index (κ1) is 26.9. The molecule has 5 rings (SSSR count). The van der Waals surface area contributed by atoms with Crippen LogP contribution in [0.4, 0.5) is 11.4 Å². The first-order valence-corrected chi connectivity index (χ1v) is 14.0. The number of benzene rings is 2. The first-order chi connectivity index (χ1) is 18.8. The van der Waals surface area contributed by atoms with Crippen molar-refractivity contribution < 1.29 is 9.53 Å². The molecule has 0 spiro atoms. The monoisotopic (exact) mass is 603 g/mol. The lowest BCUT2D eigenvalue weighted by atomic mass is 9.96. The summed E-state index contributed by atoms with van der Waals surface area (Å²) in [5.74, 6) is 0.490. The molecular weight excluding hydrogens is 574 g/mol. The van der Waals surface area contributed by atoms with E-state index in [-0.39, 0.29) is 18.0 Å². The number of methoxy groups -OCH3 is 1. The van der Waals surface area contributed by atoms with Crippen LogP contribution in [0.1, 0.15) is 48.1 Å². The van der Waals surface area contributed by atoms with Crippen molar-refractivity contribution in [3.63, 3.8) is 0 Å². The molecule has 9 heteroatoms. The summed E-state index contributed by atoms with van der Waals surface area (Å²) in [6.45, 7) is 6.08. The summed E-state index contributed by atoms with van der Waals surface area (Å²) in [7, 11) is 1.60. The van der Waals surface area contributed by atoms with Crippen LogP contribution in [0.2, 0.25) is 0 Å². The number of halogens is 1. The molecule has 2 N–H and O–H groups in total. The second-order valence-electron chi connectivity index (χ2n) is 9.42. The summed E-state index contributed by atoms with van der Waals surface area (Å²) in [5.41, 5.74) is 6.83. The van der Waals surface area contributed by atoms with E-state index < -0.39 is 0 Å². The van der Waals surface area contributed by atoms with Gasteiger partial charge >= 0.3 is 0 Å². The van der Waals surface area contributed by atoms with Crippen LogP contribution in [0.25, 0.3) is 5.69 Å². The minimum atomic E-state index is -0.180. The molecule has 1 saturated heterocycles. The van der Waals surface area contributed by atoms with Gasteiger partial charge in [0.1, 0.15) is 5.75 Å². The Morgan fingerprint density at radius 2 is 1.92 bits per heavy atom. The SMILES string of the molecule is CCC(=O)Nc1ccc(N2C(=S)N[C@H](c3ccccn3)[C@@H]2c2cc(C)n(-c3cccc(Br)c3)c2C)cc1OC. The summed E-state index contributed by atoms with van der Waals surface area (Å²) in [5, 5.41) is 7.04. The van der Waals surface area contributed by atoms with Crippen molar-refractivity contribution in [1.82, 2.24) is 14.9 Å². The third kappa shape index (κ3) is 5.16. The van der Waals surface area contributed by atoms with Crippen LogP contribution < -0.4 is 20.3 Å². The zero-order valence-corrected chi connectivity index (χ0v) is 24.6. The van der Waals surface area contributed by atoms with E-state index in [1.807, 2.05) is 55.5 Å². The number of aromatic nitrogens is 2. The van der Waals surface area contributed by atoms with Gasteiger partial charge in [-0.1, -0.05) is 35.0 Å². The van der Waals surface area contributed by atoms with Gasteiger partial charge in [-0.2, -0.15) is 0 Å². The Bertz CT molecular complexity index is 1540. The number of hydrogen-bond donors (Lipinski definition) is 2. The Morgan fingerprint density at radius 1 is 1.10 bits per heavy atom. The van der Waals surface area contributed by atoms with Crippen molar-refractivity contribution in [3.05, 3.63) is 100 Å². The van der Waals surface area contributed by atoms with Crippen molar-refractivity contribution in [2.75, 3.05) is 17.3 Å². The number of carbonyl (C=O) groups excluding carboxylic acids is 1. The molecule has 200 valence electrons. The van der Waals surface area contributed by atoms with Crippen LogP contribution in [0.5, 0.6) is 5.75 Å². The average molecular weight is 605 g/mol. The highest BCUT2D eigenvalue weighted by atomic mass is 79.9. The fourth-order valence-corrected chi connectivity index (χ4v) is 5.95. The molecule has 0 saturated carbocycles. The van der Waals surface area contributed by atoms with Crippen LogP contribution in [0.15, 0.2) is 77.4 Å². The molecule has 4 aromatic rings. The van der Waals surface area contributed by atoms with Gasteiger partial charge in [0.15, 0.2) is 5.11 Å². The van der Waals surface area contributed by atoms with Crippen LogP contribution in [-0.4, -0.2) is 27.7 Å². The van der Waals surface area contributed by atoms with E-state index in [0.29, 0.717) is 23.0 Å². The molecule has 3 heterocycles. The van der Waals surface area contributed by atoms with Gasteiger partial charge in [-0.15, -0.1) is 0 Å².